The van der Waals surface area contributed by atoms with Crippen molar-refractivity contribution < 1.29 is 14.6 Å². The maximum absolute atomic E-state index is 13.9. The number of likely N-dealkylation sites (tertiary alicyclic amines) is 1. The number of rotatable bonds is 7. The molecule has 1 atom stereocenters. The van der Waals surface area contributed by atoms with E-state index in [2.05, 4.69) is 9.97 Å². The van der Waals surface area contributed by atoms with E-state index in [0.29, 0.717) is 41.3 Å². The SMILES string of the molecule is CC(C)(C=C(C#N)C(=O)N1CC[C@H](n2c(=O)n(-c3ccc(Oc4ccccc4)cc3)c3c(N)ncnc32)C1)CO. The molecule has 0 aliphatic carbocycles. The Hall–Kier alpha value is -4.95. The second-order valence-corrected chi connectivity index (χ2v) is 10.3. The molecular formula is C29H29N7O4. The maximum Gasteiger partial charge on any atom is 0.335 e. The Bertz CT molecular complexity index is 1680. The van der Waals surface area contributed by atoms with Crippen LogP contribution >= 0.6 is 0 Å². The van der Waals surface area contributed by atoms with Crippen molar-refractivity contribution >= 4 is 22.9 Å². The number of para-hydroxylation sites is 1. The number of hydrogen-bond donors (Lipinski definition) is 2. The minimum Gasteiger partial charge on any atom is -0.457 e. The summed E-state index contributed by atoms with van der Waals surface area (Å²) in [5.74, 6) is 1.01. The standard InChI is InChI=1S/C29H29N7O4/c1-29(2,17-37)14-19(15-30)27(38)34-13-12-21(16-34)36-26-24(25(31)32-18-33-26)35(28(36)39)20-8-10-23(11-9-20)40-22-6-4-3-5-7-22/h3-11,14,18,21,37H,12-13,16-17H2,1-2H3,(H2,31,32,33)/t21-/m0/s1. The lowest BCUT2D eigenvalue weighted by Crippen LogP contribution is -2.33. The lowest BCUT2D eigenvalue weighted by Gasteiger charge is -2.20. The van der Waals surface area contributed by atoms with Gasteiger partial charge in [-0.1, -0.05) is 38.1 Å². The summed E-state index contributed by atoms with van der Waals surface area (Å²) in [5.41, 5.74) is 6.40. The number of nitrogen functional groups attached to an aromatic ring is 1. The van der Waals surface area contributed by atoms with Crippen LogP contribution in [0.2, 0.25) is 0 Å². The van der Waals surface area contributed by atoms with Crippen molar-refractivity contribution in [2.24, 2.45) is 5.41 Å². The molecule has 2 aromatic heterocycles. The van der Waals surface area contributed by atoms with Gasteiger partial charge >= 0.3 is 5.69 Å². The molecule has 11 heteroatoms. The van der Waals surface area contributed by atoms with E-state index in [1.54, 1.807) is 47.6 Å². The van der Waals surface area contributed by atoms with Crippen LogP contribution in [0.1, 0.15) is 26.3 Å². The second-order valence-electron chi connectivity index (χ2n) is 10.3. The normalized spacial score (nSPS) is 15.8. The van der Waals surface area contributed by atoms with Crippen LogP contribution in [0.5, 0.6) is 11.5 Å². The highest BCUT2D eigenvalue weighted by atomic mass is 16.5. The van der Waals surface area contributed by atoms with Gasteiger partial charge in [0.15, 0.2) is 11.5 Å². The molecule has 1 aliphatic rings. The number of benzene rings is 2. The minimum absolute atomic E-state index is 0.0427. The summed E-state index contributed by atoms with van der Waals surface area (Å²) in [4.78, 5) is 37.0. The summed E-state index contributed by atoms with van der Waals surface area (Å²) < 4.78 is 8.88. The number of hydrogen-bond acceptors (Lipinski definition) is 8. The Kier molecular flexibility index (Phi) is 7.11. The summed E-state index contributed by atoms with van der Waals surface area (Å²) >= 11 is 0. The predicted molar refractivity (Wildman–Crippen MR) is 149 cm³/mol. The number of ether oxygens (including phenoxy) is 1. The number of anilines is 1. The third-order valence-corrected chi connectivity index (χ3v) is 6.86. The molecule has 2 aromatic carbocycles. The minimum atomic E-state index is -0.722. The van der Waals surface area contributed by atoms with Gasteiger partial charge in [0.05, 0.1) is 18.3 Å². The van der Waals surface area contributed by atoms with E-state index in [9.17, 15) is 20.0 Å². The van der Waals surface area contributed by atoms with Crippen molar-refractivity contribution in [3.8, 4) is 23.3 Å². The third-order valence-electron chi connectivity index (χ3n) is 6.86. The molecule has 5 rings (SSSR count). The zero-order chi connectivity index (χ0) is 28.4. The summed E-state index contributed by atoms with van der Waals surface area (Å²) in [6, 6.07) is 18.0. The molecule has 1 amide bonds. The zero-order valence-corrected chi connectivity index (χ0v) is 22.2. The number of nitrogens with zero attached hydrogens (tertiary/aromatic N) is 6. The molecule has 1 aliphatic heterocycles. The fourth-order valence-electron chi connectivity index (χ4n) is 4.81. The van der Waals surface area contributed by atoms with Crippen LogP contribution in [0.4, 0.5) is 5.82 Å². The lowest BCUT2D eigenvalue weighted by atomic mass is 9.92. The molecule has 0 spiro atoms. The number of aromatic nitrogens is 4. The molecular weight excluding hydrogens is 510 g/mol. The maximum atomic E-state index is 13.9. The van der Waals surface area contributed by atoms with Gasteiger partial charge in [-0.2, -0.15) is 5.26 Å². The van der Waals surface area contributed by atoms with E-state index in [1.807, 2.05) is 36.4 Å². The van der Waals surface area contributed by atoms with E-state index in [4.69, 9.17) is 10.5 Å². The number of fused-ring (bicyclic) bond motifs is 1. The van der Waals surface area contributed by atoms with E-state index in [0.717, 1.165) is 0 Å². The molecule has 3 N–H and O–H groups in total. The zero-order valence-electron chi connectivity index (χ0n) is 22.2. The number of carbonyl (C=O) groups excluding carboxylic acids is 1. The van der Waals surface area contributed by atoms with Crippen molar-refractivity contribution in [1.29, 1.82) is 5.26 Å². The quantitative estimate of drug-likeness (QED) is 0.268. The Morgan fingerprint density at radius 1 is 1.18 bits per heavy atom. The second kappa shape index (κ2) is 10.7. The highest BCUT2D eigenvalue weighted by Crippen LogP contribution is 2.29. The van der Waals surface area contributed by atoms with E-state index < -0.39 is 11.3 Å². The summed E-state index contributed by atoms with van der Waals surface area (Å²) in [5, 5.41) is 19.2. The van der Waals surface area contributed by atoms with Crippen LogP contribution < -0.4 is 16.2 Å². The first-order valence-electron chi connectivity index (χ1n) is 12.8. The highest BCUT2D eigenvalue weighted by molar-refractivity contribution is 5.97. The van der Waals surface area contributed by atoms with Crippen LogP contribution in [0.3, 0.4) is 0 Å². The summed E-state index contributed by atoms with van der Waals surface area (Å²) in [6.07, 6.45) is 3.28. The van der Waals surface area contributed by atoms with Crippen molar-refractivity contribution in [2.45, 2.75) is 26.3 Å². The third kappa shape index (κ3) is 5.04. The molecule has 0 unspecified atom stereocenters. The number of imidazole rings is 1. The fourth-order valence-corrected chi connectivity index (χ4v) is 4.81. The van der Waals surface area contributed by atoms with Crippen molar-refractivity contribution in [3.63, 3.8) is 0 Å². The molecule has 3 heterocycles. The number of amides is 1. The topological polar surface area (TPSA) is 152 Å². The van der Waals surface area contributed by atoms with E-state index >= 15 is 0 Å². The van der Waals surface area contributed by atoms with Crippen LogP contribution in [0, 0.1) is 16.7 Å². The van der Waals surface area contributed by atoms with Crippen molar-refractivity contribution in [2.75, 3.05) is 25.4 Å². The summed E-state index contributed by atoms with van der Waals surface area (Å²) in [6.45, 7) is 3.84. The fraction of sp³-hybridized carbons (Fsp3) is 0.276. The van der Waals surface area contributed by atoms with E-state index in [-0.39, 0.29) is 36.3 Å². The van der Waals surface area contributed by atoms with Crippen LogP contribution in [-0.2, 0) is 4.79 Å². The van der Waals surface area contributed by atoms with Gasteiger partial charge in [0, 0.05) is 18.5 Å². The van der Waals surface area contributed by atoms with Gasteiger partial charge in [-0.25, -0.2) is 14.8 Å². The van der Waals surface area contributed by atoms with Gasteiger partial charge < -0.3 is 20.5 Å². The van der Waals surface area contributed by atoms with E-state index in [1.165, 1.54) is 17.0 Å². The van der Waals surface area contributed by atoms with Crippen LogP contribution in [0.25, 0.3) is 16.9 Å². The van der Waals surface area contributed by atoms with Crippen molar-refractivity contribution in [1.82, 2.24) is 24.0 Å². The first-order valence-corrected chi connectivity index (χ1v) is 12.8. The Morgan fingerprint density at radius 2 is 1.88 bits per heavy atom. The molecule has 40 heavy (non-hydrogen) atoms. The van der Waals surface area contributed by atoms with Gasteiger partial charge in [0.1, 0.15) is 35.0 Å². The largest absolute Gasteiger partial charge is 0.457 e. The van der Waals surface area contributed by atoms with Gasteiger partial charge in [0.2, 0.25) is 0 Å². The number of nitrogens with two attached hydrogens (primary N) is 1. The predicted octanol–water partition coefficient (Wildman–Crippen LogP) is 3.20. The molecule has 1 fully saturated rings. The average molecular weight is 540 g/mol. The van der Waals surface area contributed by atoms with Crippen LogP contribution in [0.15, 0.2) is 77.4 Å². The summed E-state index contributed by atoms with van der Waals surface area (Å²) in [7, 11) is 0. The molecule has 204 valence electrons. The van der Waals surface area contributed by atoms with Crippen molar-refractivity contribution in [3.05, 3.63) is 83.1 Å². The van der Waals surface area contributed by atoms with Gasteiger partial charge in [0.25, 0.3) is 5.91 Å². The monoisotopic (exact) mass is 539 g/mol. The number of aliphatic hydroxyl groups excluding tert-OH is 1. The Labute approximate surface area is 230 Å². The number of nitriles is 1. The van der Waals surface area contributed by atoms with Crippen LogP contribution in [-0.4, -0.2) is 54.7 Å². The first-order chi connectivity index (χ1) is 19.2. The van der Waals surface area contributed by atoms with Gasteiger partial charge in [-0.15, -0.1) is 0 Å². The Balaban J connectivity index is 1.48. The first kappa shape index (κ1) is 26.6. The average Bonchev–Trinajstić information content (AvgIpc) is 3.55. The smallest absolute Gasteiger partial charge is 0.335 e. The molecule has 1 saturated heterocycles. The highest BCUT2D eigenvalue weighted by Gasteiger charge is 2.33. The molecule has 0 radical (unpaired) electrons. The Morgan fingerprint density at radius 3 is 2.55 bits per heavy atom. The van der Waals surface area contributed by atoms with Gasteiger partial charge in [-0.05, 0) is 42.8 Å². The number of aliphatic hydroxyl groups is 1. The molecule has 4 aromatic rings. The number of carbonyl (C=O) groups is 1. The van der Waals surface area contributed by atoms with Gasteiger partial charge in [-0.3, -0.25) is 13.9 Å². The lowest BCUT2D eigenvalue weighted by molar-refractivity contribution is -0.125. The molecule has 11 nitrogen and oxygen atoms in total. The molecule has 0 saturated carbocycles. The molecule has 0 bridgehead atoms.